The molecule has 2 aliphatic rings. The molecule has 0 atom stereocenters. The smallest absolute Gasteiger partial charge is 0.426 e. The third-order valence-electron chi connectivity index (χ3n) is 8.02. The molecule has 45 heavy (non-hydrogen) atoms. The third kappa shape index (κ3) is 6.91. The summed E-state index contributed by atoms with van der Waals surface area (Å²) in [6, 6.07) is 24.5. The summed E-state index contributed by atoms with van der Waals surface area (Å²) in [5.74, 6) is 1.36. The van der Waals surface area contributed by atoms with Gasteiger partial charge in [0.15, 0.2) is 11.5 Å². The zero-order chi connectivity index (χ0) is 31.0. The maximum atomic E-state index is 9.67. The number of ether oxygens (including phenoxy) is 2. The van der Waals surface area contributed by atoms with Gasteiger partial charge in [0.05, 0.1) is 17.3 Å². The standard InChI is InChI=1S/C37H38N4O2S2/c1-3-4-24-40-30-13-6-9-16-33(30)44-35(40)22-20-27-18-19-28(37(27)43-32-15-8-5-12-29(32)39-38)21-23-36-41(25-11-26-42-2)31-14-7-10-17-34(31)45-36/h5-10,12-17,20-23H,3-4,11,18-19,24-26H2,1-2H3/q+2. The fourth-order valence-corrected chi connectivity index (χ4v) is 7.91. The van der Waals surface area contributed by atoms with Gasteiger partial charge in [0.1, 0.15) is 10.5 Å². The molecule has 1 aliphatic carbocycles. The number of anilines is 1. The molecule has 0 radical (unpaired) electrons. The van der Waals surface area contributed by atoms with Gasteiger partial charge in [-0.2, -0.15) is 4.57 Å². The first kappa shape index (κ1) is 30.8. The second-order valence-electron chi connectivity index (χ2n) is 11.0. The van der Waals surface area contributed by atoms with Crippen LogP contribution in [0, 0.1) is 5.39 Å². The average Bonchev–Trinajstić information content (AvgIpc) is 3.75. The van der Waals surface area contributed by atoms with Gasteiger partial charge in [-0.1, -0.05) is 78.9 Å². The lowest BCUT2D eigenvalue weighted by atomic mass is 10.2. The van der Waals surface area contributed by atoms with Crippen LogP contribution in [0.2, 0.25) is 0 Å². The molecule has 1 aromatic heterocycles. The molecule has 0 unspecified atom stereocenters. The lowest BCUT2D eigenvalue weighted by molar-refractivity contribution is -0.669. The van der Waals surface area contributed by atoms with Crippen LogP contribution in [0.4, 0.5) is 11.4 Å². The van der Waals surface area contributed by atoms with Gasteiger partial charge < -0.3 is 14.4 Å². The summed E-state index contributed by atoms with van der Waals surface area (Å²) in [7, 11) is 1.75. The monoisotopic (exact) mass is 634 g/mol. The molecule has 228 valence electrons. The van der Waals surface area contributed by atoms with Gasteiger partial charge in [-0.25, -0.2) is 0 Å². The quantitative estimate of drug-likeness (QED) is 0.0882. The number of benzene rings is 3. The highest BCUT2D eigenvalue weighted by atomic mass is 32.2. The van der Waals surface area contributed by atoms with Crippen molar-refractivity contribution >= 4 is 50.8 Å². The minimum absolute atomic E-state index is 0.408. The Morgan fingerprint density at radius 2 is 1.78 bits per heavy atom. The van der Waals surface area contributed by atoms with E-state index in [1.807, 2.05) is 30.0 Å². The second kappa shape index (κ2) is 14.7. The minimum atomic E-state index is 0.408. The molecule has 1 aliphatic heterocycles. The third-order valence-corrected chi connectivity index (χ3v) is 10.3. The lowest BCUT2D eigenvalue weighted by Gasteiger charge is -2.20. The topological polar surface area (TPSA) is 53.7 Å². The maximum absolute atomic E-state index is 9.67. The van der Waals surface area contributed by atoms with E-state index >= 15 is 0 Å². The Bertz CT molecular complexity index is 1850. The van der Waals surface area contributed by atoms with Crippen molar-refractivity contribution < 1.29 is 14.0 Å². The Morgan fingerprint density at radius 3 is 2.64 bits per heavy atom. The second-order valence-corrected chi connectivity index (χ2v) is 13.2. The normalized spacial score (nSPS) is 16.4. The number of allylic oxidation sites excluding steroid dienone is 5. The van der Waals surface area contributed by atoms with E-state index in [9.17, 15) is 5.39 Å². The van der Waals surface area contributed by atoms with Crippen molar-refractivity contribution in [2.24, 2.45) is 0 Å². The first-order valence-corrected chi connectivity index (χ1v) is 17.2. The van der Waals surface area contributed by atoms with Gasteiger partial charge in [0, 0.05) is 43.2 Å². The molecule has 0 N–H and O–H groups in total. The Balaban J connectivity index is 1.37. The van der Waals surface area contributed by atoms with Crippen molar-refractivity contribution in [1.29, 1.82) is 5.39 Å². The van der Waals surface area contributed by atoms with E-state index < -0.39 is 0 Å². The Labute approximate surface area is 273 Å². The number of unbranched alkanes of at least 4 members (excludes halogenated alkanes) is 1. The predicted octanol–water partition coefficient (Wildman–Crippen LogP) is 10.0. The largest absolute Gasteiger partial charge is 0.448 e. The molecule has 6 rings (SSSR count). The number of diazo groups is 1. The van der Waals surface area contributed by atoms with Gasteiger partial charge in [0.2, 0.25) is 16.7 Å². The van der Waals surface area contributed by atoms with Crippen LogP contribution < -0.4 is 14.2 Å². The highest BCUT2D eigenvalue weighted by Gasteiger charge is 2.27. The summed E-state index contributed by atoms with van der Waals surface area (Å²) in [4.78, 5) is 7.21. The van der Waals surface area contributed by atoms with Gasteiger partial charge in [0.25, 0.3) is 5.01 Å². The summed E-state index contributed by atoms with van der Waals surface area (Å²) < 4.78 is 15.6. The Morgan fingerprint density at radius 1 is 0.956 bits per heavy atom. The summed E-state index contributed by atoms with van der Waals surface area (Å²) >= 11 is 3.62. The van der Waals surface area contributed by atoms with Crippen LogP contribution in [-0.4, -0.2) is 20.3 Å². The van der Waals surface area contributed by atoms with Crippen LogP contribution in [0.15, 0.2) is 118 Å². The molecule has 2 heterocycles. The first-order valence-electron chi connectivity index (χ1n) is 15.6. The van der Waals surface area contributed by atoms with Crippen LogP contribution in [0.5, 0.6) is 5.75 Å². The fourth-order valence-electron chi connectivity index (χ4n) is 5.73. The number of hydrogen-bond acceptors (Lipinski definition) is 6. The van der Waals surface area contributed by atoms with Gasteiger partial charge >= 0.3 is 5.69 Å². The minimum Gasteiger partial charge on any atom is -0.448 e. The van der Waals surface area contributed by atoms with E-state index in [0.717, 1.165) is 68.7 Å². The number of aromatic nitrogens is 1. The molecule has 0 saturated heterocycles. The van der Waals surface area contributed by atoms with Crippen molar-refractivity contribution in [3.63, 3.8) is 0 Å². The van der Waals surface area contributed by atoms with Crippen LogP contribution in [0.3, 0.4) is 0 Å². The number of hydrogen-bond donors (Lipinski definition) is 0. The summed E-state index contributed by atoms with van der Waals surface area (Å²) in [5.41, 5.74) is 5.18. The molecule has 0 bridgehead atoms. The van der Waals surface area contributed by atoms with E-state index in [1.54, 1.807) is 24.5 Å². The van der Waals surface area contributed by atoms with Crippen molar-refractivity contribution in [2.45, 2.75) is 50.5 Å². The lowest BCUT2D eigenvalue weighted by Crippen LogP contribution is -2.35. The van der Waals surface area contributed by atoms with Crippen molar-refractivity contribution in [3.8, 4) is 5.75 Å². The molecule has 0 fully saturated rings. The van der Waals surface area contributed by atoms with Gasteiger partial charge in [-0.05, 0) is 66.8 Å². The van der Waals surface area contributed by atoms with E-state index in [2.05, 4.69) is 94.2 Å². The molecule has 0 spiro atoms. The number of para-hydroxylation sites is 3. The number of methoxy groups -OCH3 is 1. The Kier molecular flexibility index (Phi) is 10.1. The zero-order valence-corrected chi connectivity index (χ0v) is 27.4. The molecule has 6 nitrogen and oxygen atoms in total. The van der Waals surface area contributed by atoms with E-state index in [0.29, 0.717) is 11.4 Å². The van der Waals surface area contributed by atoms with Crippen LogP contribution in [-0.2, 0) is 11.3 Å². The van der Waals surface area contributed by atoms with E-state index in [1.165, 1.54) is 30.8 Å². The van der Waals surface area contributed by atoms with Crippen molar-refractivity contribution in [2.75, 3.05) is 25.2 Å². The van der Waals surface area contributed by atoms with Crippen molar-refractivity contribution in [3.05, 3.63) is 123 Å². The van der Waals surface area contributed by atoms with Crippen LogP contribution >= 0.6 is 23.1 Å². The number of fused-ring (bicyclic) bond motifs is 2. The predicted molar refractivity (Wildman–Crippen MR) is 186 cm³/mol. The average molecular weight is 635 g/mol. The molecule has 0 saturated carbocycles. The molecule has 3 aromatic carbocycles. The summed E-state index contributed by atoms with van der Waals surface area (Å²) in [5, 5.41) is 12.1. The molecule has 4 aromatic rings. The highest BCUT2D eigenvalue weighted by molar-refractivity contribution is 8.03. The number of thiazole rings is 1. The number of nitrogens with zero attached hydrogens (tertiary/aromatic N) is 4. The van der Waals surface area contributed by atoms with Gasteiger partial charge in [-0.15, -0.1) is 0 Å². The number of rotatable bonds is 12. The van der Waals surface area contributed by atoms with E-state index in [-0.39, 0.29) is 0 Å². The number of aryl methyl sites for hydroxylation is 1. The number of thioether (sulfide) groups is 1. The SMILES string of the molecule is CCCCN1/C(=C/C=C2CCC(/C=C/c3sc4ccccc4[n+]3CCCOC)=C2Oc2ccccc2[N+]#N)Sc2ccccc21. The summed E-state index contributed by atoms with van der Waals surface area (Å²) in [6.07, 6.45) is 13.8. The molecular formula is C37H38N4O2S2+2. The van der Waals surface area contributed by atoms with Gasteiger partial charge in [-0.3, -0.25) is 0 Å². The fraction of sp³-hybridized carbons (Fsp3) is 0.270. The summed E-state index contributed by atoms with van der Waals surface area (Å²) in [6.45, 7) is 4.84. The molecule has 8 heteroatoms. The maximum Gasteiger partial charge on any atom is 0.426 e. The Hall–Kier alpha value is -4.16. The molecule has 0 amide bonds. The van der Waals surface area contributed by atoms with Crippen LogP contribution in [0.25, 0.3) is 21.3 Å². The van der Waals surface area contributed by atoms with Crippen LogP contribution in [0.1, 0.15) is 44.0 Å². The first-order chi connectivity index (χ1) is 22.2. The highest BCUT2D eigenvalue weighted by Crippen LogP contribution is 2.46. The zero-order valence-electron chi connectivity index (χ0n) is 25.8. The van der Waals surface area contributed by atoms with Crippen molar-refractivity contribution in [1.82, 2.24) is 0 Å². The van der Waals surface area contributed by atoms with E-state index in [4.69, 9.17) is 9.47 Å². The molecular weight excluding hydrogens is 597 g/mol.